The number of aromatic nitrogens is 3. The van der Waals surface area contributed by atoms with Gasteiger partial charge in [0.25, 0.3) is 5.91 Å². The molecule has 0 spiro atoms. The molecule has 2 aromatic heterocycles. The average Bonchev–Trinajstić information content (AvgIpc) is 2.90. The lowest BCUT2D eigenvalue weighted by atomic mass is 10.2. The van der Waals surface area contributed by atoms with E-state index < -0.39 is 0 Å². The molecule has 1 amide bonds. The Morgan fingerprint density at radius 1 is 1.50 bits per heavy atom. The minimum absolute atomic E-state index is 0.264. The van der Waals surface area contributed by atoms with Crippen molar-refractivity contribution in [3.05, 3.63) is 28.9 Å². The summed E-state index contributed by atoms with van der Waals surface area (Å²) in [5.74, 6) is 5.51. The normalized spacial score (nSPS) is 10.1. The van der Waals surface area contributed by atoms with Crippen LogP contribution in [0.15, 0.2) is 17.6 Å². The summed E-state index contributed by atoms with van der Waals surface area (Å²) in [4.78, 5) is 16.2. The molecule has 2 rings (SSSR count). The molecule has 7 nitrogen and oxygen atoms in total. The fourth-order valence-corrected chi connectivity index (χ4v) is 1.81. The van der Waals surface area contributed by atoms with Gasteiger partial charge in [0.15, 0.2) is 0 Å². The molecule has 0 aromatic carbocycles. The van der Waals surface area contributed by atoms with Gasteiger partial charge in [0.1, 0.15) is 11.3 Å². The first-order valence-corrected chi connectivity index (χ1v) is 6.16. The zero-order valence-electron chi connectivity index (χ0n) is 9.67. The predicted octanol–water partition coefficient (Wildman–Crippen LogP) is 1.03. The highest BCUT2D eigenvalue weighted by molar-refractivity contribution is 7.13. The zero-order chi connectivity index (χ0) is 13.0. The summed E-state index contributed by atoms with van der Waals surface area (Å²) < 4.78 is 0. The van der Waals surface area contributed by atoms with E-state index in [2.05, 4.69) is 25.9 Å². The van der Waals surface area contributed by atoms with Gasteiger partial charge >= 0.3 is 0 Å². The van der Waals surface area contributed by atoms with Crippen molar-refractivity contribution in [2.24, 2.45) is 5.84 Å². The standard InChI is InChI=1S/C10H12N6OS/c1-2-7-3-6(4-8(13-7)15-11)9(17)14-10-16-12-5-18-10/h3-5H,2,11H2,1H3,(H,13,15)(H,14,16,17). The molecule has 94 valence electrons. The molecule has 0 aliphatic carbocycles. The number of nitrogens with two attached hydrogens (primary N) is 1. The van der Waals surface area contributed by atoms with Crippen molar-refractivity contribution in [3.8, 4) is 0 Å². The number of aryl methyl sites for hydroxylation is 1. The first-order chi connectivity index (χ1) is 8.72. The van der Waals surface area contributed by atoms with Crippen LogP contribution in [0.3, 0.4) is 0 Å². The van der Waals surface area contributed by atoms with Crippen molar-refractivity contribution < 1.29 is 4.79 Å². The number of hydrogen-bond donors (Lipinski definition) is 3. The number of amides is 1. The Morgan fingerprint density at radius 3 is 2.94 bits per heavy atom. The molecular formula is C10H12N6OS. The molecule has 4 N–H and O–H groups in total. The first-order valence-electron chi connectivity index (χ1n) is 5.28. The van der Waals surface area contributed by atoms with E-state index in [0.717, 1.165) is 5.69 Å². The molecule has 0 fully saturated rings. The summed E-state index contributed by atoms with van der Waals surface area (Å²) >= 11 is 1.26. The quantitative estimate of drug-likeness (QED) is 0.562. The molecule has 2 aromatic rings. The lowest BCUT2D eigenvalue weighted by Crippen LogP contribution is -2.15. The topological polar surface area (TPSA) is 106 Å². The third-order valence-corrected chi connectivity index (χ3v) is 2.84. The molecule has 18 heavy (non-hydrogen) atoms. The molecule has 0 aliphatic rings. The summed E-state index contributed by atoms with van der Waals surface area (Å²) in [6.45, 7) is 1.95. The number of nitrogen functional groups attached to an aromatic ring is 1. The van der Waals surface area contributed by atoms with E-state index in [1.807, 2.05) is 6.92 Å². The maximum absolute atomic E-state index is 12.0. The first kappa shape index (κ1) is 12.4. The molecule has 0 unspecified atom stereocenters. The van der Waals surface area contributed by atoms with E-state index in [0.29, 0.717) is 22.9 Å². The van der Waals surface area contributed by atoms with Crippen LogP contribution in [0.25, 0.3) is 0 Å². The van der Waals surface area contributed by atoms with Crippen molar-refractivity contribution in [2.45, 2.75) is 13.3 Å². The second-order valence-corrected chi connectivity index (χ2v) is 4.26. The van der Waals surface area contributed by atoms with E-state index in [9.17, 15) is 4.79 Å². The molecule has 2 heterocycles. The van der Waals surface area contributed by atoms with Crippen LogP contribution in [0.4, 0.5) is 10.9 Å². The third-order valence-electron chi connectivity index (χ3n) is 2.23. The molecule has 0 radical (unpaired) electrons. The van der Waals surface area contributed by atoms with Gasteiger partial charge in [0, 0.05) is 11.3 Å². The van der Waals surface area contributed by atoms with Crippen LogP contribution >= 0.6 is 11.3 Å². The smallest absolute Gasteiger partial charge is 0.257 e. The SMILES string of the molecule is CCc1cc(C(=O)Nc2nncs2)cc(NN)n1. The van der Waals surface area contributed by atoms with Crippen molar-refractivity contribution in [1.82, 2.24) is 15.2 Å². The monoisotopic (exact) mass is 264 g/mol. The summed E-state index contributed by atoms with van der Waals surface area (Å²) in [6, 6.07) is 3.30. The number of pyridine rings is 1. The van der Waals surface area contributed by atoms with Crippen LogP contribution in [0, 0.1) is 0 Å². The van der Waals surface area contributed by atoms with E-state index >= 15 is 0 Å². The highest BCUT2D eigenvalue weighted by Crippen LogP contribution is 2.14. The molecule has 0 saturated carbocycles. The predicted molar refractivity (Wildman–Crippen MR) is 69.3 cm³/mol. The Kier molecular flexibility index (Phi) is 3.80. The Bertz CT molecular complexity index is 519. The zero-order valence-corrected chi connectivity index (χ0v) is 10.5. The van der Waals surface area contributed by atoms with Crippen molar-refractivity contribution >= 4 is 28.2 Å². The molecule has 0 bridgehead atoms. The fourth-order valence-electron chi connectivity index (χ4n) is 1.37. The highest BCUT2D eigenvalue weighted by Gasteiger charge is 2.10. The molecular weight excluding hydrogens is 252 g/mol. The van der Waals surface area contributed by atoms with Gasteiger partial charge in [-0.3, -0.25) is 10.1 Å². The summed E-state index contributed by atoms with van der Waals surface area (Å²) in [5.41, 5.74) is 5.25. The Morgan fingerprint density at radius 2 is 2.33 bits per heavy atom. The second-order valence-electron chi connectivity index (χ2n) is 3.43. The largest absolute Gasteiger partial charge is 0.308 e. The van der Waals surface area contributed by atoms with Gasteiger partial charge in [0.05, 0.1) is 0 Å². The van der Waals surface area contributed by atoms with Crippen LogP contribution in [0.1, 0.15) is 23.0 Å². The maximum atomic E-state index is 12.0. The minimum Gasteiger partial charge on any atom is -0.308 e. The van der Waals surface area contributed by atoms with Gasteiger partial charge < -0.3 is 5.43 Å². The van der Waals surface area contributed by atoms with E-state index in [-0.39, 0.29) is 5.91 Å². The van der Waals surface area contributed by atoms with Crippen LogP contribution in [0.5, 0.6) is 0 Å². The number of carbonyl (C=O) groups excluding carboxylic acids is 1. The number of carbonyl (C=O) groups is 1. The van der Waals surface area contributed by atoms with Gasteiger partial charge in [-0.05, 0) is 18.6 Å². The number of rotatable bonds is 4. The Labute approximate surface area is 107 Å². The van der Waals surface area contributed by atoms with Gasteiger partial charge in [-0.1, -0.05) is 18.3 Å². The van der Waals surface area contributed by atoms with Gasteiger partial charge in [-0.2, -0.15) is 0 Å². The summed E-state index contributed by atoms with van der Waals surface area (Å²) in [5, 5.41) is 10.5. The Hall–Kier alpha value is -2.06. The van der Waals surface area contributed by atoms with Crippen molar-refractivity contribution in [2.75, 3.05) is 10.7 Å². The number of hydrogen-bond acceptors (Lipinski definition) is 7. The second kappa shape index (κ2) is 5.52. The molecule has 0 aliphatic heterocycles. The van der Waals surface area contributed by atoms with Crippen molar-refractivity contribution in [1.29, 1.82) is 0 Å². The number of hydrazine groups is 1. The third kappa shape index (κ3) is 2.79. The lowest BCUT2D eigenvalue weighted by Gasteiger charge is -2.06. The number of anilines is 2. The molecule has 0 saturated heterocycles. The summed E-state index contributed by atoms with van der Waals surface area (Å²) in [6.07, 6.45) is 0.717. The summed E-state index contributed by atoms with van der Waals surface area (Å²) in [7, 11) is 0. The fraction of sp³-hybridized carbons (Fsp3) is 0.200. The highest BCUT2D eigenvalue weighted by atomic mass is 32.1. The molecule has 0 atom stereocenters. The van der Waals surface area contributed by atoms with E-state index in [1.165, 1.54) is 11.3 Å². The van der Waals surface area contributed by atoms with E-state index in [1.54, 1.807) is 17.6 Å². The van der Waals surface area contributed by atoms with Crippen molar-refractivity contribution in [3.63, 3.8) is 0 Å². The van der Waals surface area contributed by atoms with Crippen LogP contribution < -0.4 is 16.6 Å². The van der Waals surface area contributed by atoms with Gasteiger partial charge in [0.2, 0.25) is 5.13 Å². The maximum Gasteiger partial charge on any atom is 0.257 e. The van der Waals surface area contributed by atoms with Crippen LogP contribution in [0.2, 0.25) is 0 Å². The van der Waals surface area contributed by atoms with Gasteiger partial charge in [-0.25, -0.2) is 10.8 Å². The Balaban J connectivity index is 2.23. The lowest BCUT2D eigenvalue weighted by molar-refractivity contribution is 0.102. The van der Waals surface area contributed by atoms with Crippen LogP contribution in [-0.2, 0) is 6.42 Å². The van der Waals surface area contributed by atoms with Crippen LogP contribution in [-0.4, -0.2) is 21.1 Å². The van der Waals surface area contributed by atoms with E-state index in [4.69, 9.17) is 5.84 Å². The number of nitrogens with one attached hydrogen (secondary N) is 2. The average molecular weight is 264 g/mol. The van der Waals surface area contributed by atoms with Gasteiger partial charge in [-0.15, -0.1) is 10.2 Å². The minimum atomic E-state index is -0.264. The molecule has 8 heteroatoms. The number of nitrogens with zero attached hydrogens (tertiary/aromatic N) is 3.